The zero-order valence-electron chi connectivity index (χ0n) is 14.1. The zero-order valence-corrected chi connectivity index (χ0v) is 14.9. The van der Waals surface area contributed by atoms with Gasteiger partial charge in [-0.05, 0) is 30.7 Å². The van der Waals surface area contributed by atoms with Crippen LogP contribution in [-0.4, -0.2) is 38.8 Å². The first kappa shape index (κ1) is 18.0. The summed E-state index contributed by atoms with van der Waals surface area (Å²) in [6.07, 6.45) is 0.763. The molecule has 0 saturated heterocycles. The standard InChI is InChI=1S/C19H19N3O3S/c23-17(24)13-22-16-10-5-4-9-15(16)21-19(22)26-12-6-11-20-18(25)14-7-2-1-3-8-14/h1-5,7-10H,6,11-13H2,(H,20,25)(H,23,24). The lowest BCUT2D eigenvalue weighted by molar-refractivity contribution is -0.137. The minimum Gasteiger partial charge on any atom is -0.480 e. The van der Waals surface area contributed by atoms with Crippen LogP contribution in [0.25, 0.3) is 11.0 Å². The number of benzene rings is 2. The molecule has 6 nitrogen and oxygen atoms in total. The third-order valence-electron chi connectivity index (χ3n) is 3.79. The molecule has 0 aliphatic rings. The van der Waals surface area contributed by atoms with Gasteiger partial charge in [-0.25, -0.2) is 4.98 Å². The van der Waals surface area contributed by atoms with Crippen molar-refractivity contribution in [1.82, 2.24) is 14.9 Å². The lowest BCUT2D eigenvalue weighted by atomic mass is 10.2. The number of thioether (sulfide) groups is 1. The number of amides is 1. The molecule has 1 heterocycles. The second kappa shape index (κ2) is 8.53. The predicted molar refractivity (Wildman–Crippen MR) is 101 cm³/mol. The van der Waals surface area contributed by atoms with Crippen molar-refractivity contribution in [3.8, 4) is 0 Å². The van der Waals surface area contributed by atoms with E-state index in [-0.39, 0.29) is 12.5 Å². The van der Waals surface area contributed by atoms with Crippen LogP contribution in [0.2, 0.25) is 0 Å². The summed E-state index contributed by atoms with van der Waals surface area (Å²) >= 11 is 1.50. The second-order valence-electron chi connectivity index (χ2n) is 5.69. The quantitative estimate of drug-likeness (QED) is 0.471. The fraction of sp³-hybridized carbons (Fsp3) is 0.211. The van der Waals surface area contributed by atoms with E-state index in [4.69, 9.17) is 5.11 Å². The van der Waals surface area contributed by atoms with Gasteiger partial charge in [0, 0.05) is 17.9 Å². The highest BCUT2D eigenvalue weighted by Gasteiger charge is 2.13. The van der Waals surface area contributed by atoms with Gasteiger partial charge in [0.15, 0.2) is 5.16 Å². The summed E-state index contributed by atoms with van der Waals surface area (Å²) in [7, 11) is 0. The summed E-state index contributed by atoms with van der Waals surface area (Å²) in [5, 5.41) is 12.7. The van der Waals surface area contributed by atoms with E-state index in [9.17, 15) is 9.59 Å². The van der Waals surface area contributed by atoms with Gasteiger partial charge in [-0.2, -0.15) is 0 Å². The van der Waals surface area contributed by atoms with Crippen molar-refractivity contribution in [2.24, 2.45) is 0 Å². The van der Waals surface area contributed by atoms with E-state index in [1.807, 2.05) is 42.5 Å². The highest BCUT2D eigenvalue weighted by molar-refractivity contribution is 7.99. The van der Waals surface area contributed by atoms with E-state index in [1.165, 1.54) is 11.8 Å². The Labute approximate surface area is 155 Å². The number of aromatic nitrogens is 2. The number of aliphatic carboxylic acids is 1. The Bertz CT molecular complexity index is 909. The number of carboxylic acids is 1. The molecule has 0 fully saturated rings. The van der Waals surface area contributed by atoms with E-state index in [1.54, 1.807) is 16.7 Å². The molecule has 0 spiro atoms. The first-order valence-corrected chi connectivity index (χ1v) is 9.27. The van der Waals surface area contributed by atoms with Crippen LogP contribution in [0, 0.1) is 0 Å². The maximum atomic E-state index is 12.0. The minimum absolute atomic E-state index is 0.0892. The Morgan fingerprint density at radius 2 is 1.81 bits per heavy atom. The van der Waals surface area contributed by atoms with Crippen LogP contribution in [0.4, 0.5) is 0 Å². The van der Waals surface area contributed by atoms with Crippen molar-refractivity contribution in [1.29, 1.82) is 0 Å². The van der Waals surface area contributed by atoms with Crippen LogP contribution in [0.1, 0.15) is 16.8 Å². The van der Waals surface area contributed by atoms with Crippen molar-refractivity contribution in [3.63, 3.8) is 0 Å². The normalized spacial score (nSPS) is 10.8. The second-order valence-corrected chi connectivity index (χ2v) is 6.75. The maximum absolute atomic E-state index is 12.0. The lowest BCUT2D eigenvalue weighted by Crippen LogP contribution is -2.24. The summed E-state index contributed by atoms with van der Waals surface area (Å²) in [5.41, 5.74) is 2.24. The topological polar surface area (TPSA) is 84.2 Å². The van der Waals surface area contributed by atoms with Gasteiger partial charge in [0.1, 0.15) is 6.54 Å². The Morgan fingerprint density at radius 3 is 2.58 bits per heavy atom. The first-order valence-electron chi connectivity index (χ1n) is 8.28. The van der Waals surface area contributed by atoms with Gasteiger partial charge in [0.25, 0.3) is 5.91 Å². The number of para-hydroxylation sites is 2. The van der Waals surface area contributed by atoms with E-state index in [0.29, 0.717) is 17.3 Å². The van der Waals surface area contributed by atoms with Crippen molar-refractivity contribution in [3.05, 3.63) is 60.2 Å². The smallest absolute Gasteiger partial charge is 0.323 e. The van der Waals surface area contributed by atoms with Gasteiger partial charge in [0.05, 0.1) is 11.0 Å². The maximum Gasteiger partial charge on any atom is 0.323 e. The predicted octanol–water partition coefficient (Wildman–Crippen LogP) is 3.03. The molecule has 0 bridgehead atoms. The number of hydrogen-bond donors (Lipinski definition) is 2. The molecule has 1 aromatic heterocycles. The molecule has 7 heteroatoms. The number of carboxylic acid groups (broad SMARTS) is 1. The SMILES string of the molecule is O=C(O)Cn1c(SCCCNC(=O)c2ccccc2)nc2ccccc21. The van der Waals surface area contributed by atoms with Crippen molar-refractivity contribution in [2.75, 3.05) is 12.3 Å². The molecule has 1 amide bonds. The molecule has 26 heavy (non-hydrogen) atoms. The number of imidazole rings is 1. The zero-order chi connectivity index (χ0) is 18.4. The Kier molecular flexibility index (Phi) is 5.91. The van der Waals surface area contributed by atoms with Crippen LogP contribution in [-0.2, 0) is 11.3 Å². The molecule has 2 N–H and O–H groups in total. The molecule has 0 saturated carbocycles. The molecule has 0 radical (unpaired) electrons. The van der Waals surface area contributed by atoms with Crippen molar-refractivity contribution < 1.29 is 14.7 Å². The number of carbonyl (C=O) groups excluding carboxylic acids is 1. The number of fused-ring (bicyclic) bond motifs is 1. The summed E-state index contributed by atoms with van der Waals surface area (Å²) in [4.78, 5) is 27.6. The minimum atomic E-state index is -0.898. The van der Waals surface area contributed by atoms with Gasteiger partial charge < -0.3 is 15.0 Å². The first-order chi connectivity index (χ1) is 12.6. The van der Waals surface area contributed by atoms with Gasteiger partial charge in [0.2, 0.25) is 0 Å². The highest BCUT2D eigenvalue weighted by atomic mass is 32.2. The summed E-state index contributed by atoms with van der Waals surface area (Å²) in [6.45, 7) is 0.438. The van der Waals surface area contributed by atoms with Crippen LogP contribution >= 0.6 is 11.8 Å². The summed E-state index contributed by atoms with van der Waals surface area (Å²) < 4.78 is 1.71. The average molecular weight is 369 g/mol. The van der Waals surface area contributed by atoms with Crippen molar-refractivity contribution >= 4 is 34.7 Å². The molecule has 0 atom stereocenters. The largest absolute Gasteiger partial charge is 0.480 e. The monoisotopic (exact) mass is 369 g/mol. The summed E-state index contributed by atoms with van der Waals surface area (Å²) in [5.74, 6) is -0.253. The van der Waals surface area contributed by atoms with Crippen LogP contribution in [0.5, 0.6) is 0 Å². The molecule has 3 rings (SSSR count). The van der Waals surface area contributed by atoms with Gasteiger partial charge in [-0.1, -0.05) is 42.1 Å². The number of nitrogens with zero attached hydrogens (tertiary/aromatic N) is 2. The van der Waals surface area contributed by atoms with E-state index in [0.717, 1.165) is 23.2 Å². The summed E-state index contributed by atoms with van der Waals surface area (Å²) in [6, 6.07) is 16.6. The Morgan fingerprint density at radius 1 is 1.08 bits per heavy atom. The fourth-order valence-electron chi connectivity index (χ4n) is 2.58. The fourth-order valence-corrected chi connectivity index (χ4v) is 3.53. The third kappa shape index (κ3) is 4.43. The number of nitrogens with one attached hydrogen (secondary N) is 1. The molecule has 2 aromatic carbocycles. The molecular weight excluding hydrogens is 350 g/mol. The molecular formula is C19H19N3O3S. The molecule has 0 aliphatic carbocycles. The van der Waals surface area contributed by atoms with Gasteiger partial charge >= 0.3 is 5.97 Å². The number of hydrogen-bond acceptors (Lipinski definition) is 4. The molecule has 0 aliphatic heterocycles. The molecule has 0 unspecified atom stereocenters. The van der Waals surface area contributed by atoms with Crippen molar-refractivity contribution in [2.45, 2.75) is 18.1 Å². The van der Waals surface area contributed by atoms with Crippen LogP contribution < -0.4 is 5.32 Å². The van der Waals surface area contributed by atoms with Gasteiger partial charge in [-0.15, -0.1) is 0 Å². The van der Waals surface area contributed by atoms with E-state index in [2.05, 4.69) is 10.3 Å². The Hall–Kier alpha value is -2.80. The third-order valence-corrected chi connectivity index (χ3v) is 4.85. The van der Waals surface area contributed by atoms with Gasteiger partial charge in [-0.3, -0.25) is 9.59 Å². The highest BCUT2D eigenvalue weighted by Crippen LogP contribution is 2.24. The number of carbonyl (C=O) groups is 2. The molecule has 134 valence electrons. The van der Waals surface area contributed by atoms with Crippen LogP contribution in [0.15, 0.2) is 59.8 Å². The molecule has 3 aromatic rings. The lowest BCUT2D eigenvalue weighted by Gasteiger charge is -2.07. The van der Waals surface area contributed by atoms with E-state index >= 15 is 0 Å². The van der Waals surface area contributed by atoms with Crippen LogP contribution in [0.3, 0.4) is 0 Å². The average Bonchev–Trinajstić information content (AvgIpc) is 2.99. The Balaban J connectivity index is 1.55. The van der Waals surface area contributed by atoms with E-state index < -0.39 is 5.97 Å². The number of rotatable bonds is 8.